The van der Waals surface area contributed by atoms with E-state index in [4.69, 9.17) is 11.6 Å². The molecule has 0 amide bonds. The number of hydrogen-bond acceptors (Lipinski definition) is 3. The molecule has 0 saturated heterocycles. The maximum absolute atomic E-state index is 10.4. The molecule has 1 aromatic carbocycles. The van der Waals surface area contributed by atoms with E-state index in [0.29, 0.717) is 11.4 Å². The molecule has 4 nitrogen and oxygen atoms in total. The van der Waals surface area contributed by atoms with Crippen molar-refractivity contribution in [1.29, 1.82) is 0 Å². The maximum Gasteiger partial charge on any atom is 0.137 e. The summed E-state index contributed by atoms with van der Waals surface area (Å²) >= 11 is 5.88. The first kappa shape index (κ1) is 14.0. The lowest BCUT2D eigenvalue weighted by Gasteiger charge is -2.25. The summed E-state index contributed by atoms with van der Waals surface area (Å²) in [6.45, 7) is 3.99. The molecule has 0 saturated carbocycles. The molecule has 0 bridgehead atoms. The van der Waals surface area contributed by atoms with Crippen molar-refractivity contribution >= 4 is 11.6 Å². The van der Waals surface area contributed by atoms with Gasteiger partial charge in [-0.2, -0.15) is 5.10 Å². The molecule has 0 aliphatic carbocycles. The van der Waals surface area contributed by atoms with Crippen LogP contribution in [0.3, 0.4) is 0 Å². The van der Waals surface area contributed by atoms with Gasteiger partial charge in [0.1, 0.15) is 12.7 Å². The lowest BCUT2D eigenvalue weighted by molar-refractivity contribution is 0.0637. The molecule has 2 rings (SSSR count). The number of hydrogen-bond donors (Lipinski definition) is 1. The Labute approximate surface area is 118 Å². The Hall–Kier alpha value is -1.39. The Bertz CT molecular complexity index is 496. The Balaban J connectivity index is 2.21. The molecule has 0 fully saturated rings. The third-order valence-corrected chi connectivity index (χ3v) is 3.46. The average molecular weight is 280 g/mol. The zero-order valence-corrected chi connectivity index (χ0v) is 11.8. The summed E-state index contributed by atoms with van der Waals surface area (Å²) < 4.78 is 1.72. The summed E-state index contributed by atoms with van der Waals surface area (Å²) in [6.07, 6.45) is 3.35. The van der Waals surface area contributed by atoms with Crippen LogP contribution in [0.1, 0.15) is 25.5 Å². The summed E-state index contributed by atoms with van der Waals surface area (Å²) in [7, 11) is 0. The molecule has 102 valence electrons. The molecular formula is C14H18ClN3O. The molecule has 19 heavy (non-hydrogen) atoms. The second kappa shape index (κ2) is 6.17. The van der Waals surface area contributed by atoms with Gasteiger partial charge in [-0.15, -0.1) is 0 Å². The number of benzene rings is 1. The van der Waals surface area contributed by atoms with Crippen LogP contribution in [0.4, 0.5) is 0 Å². The number of nitrogens with zero attached hydrogens (tertiary/aromatic N) is 3. The predicted molar refractivity (Wildman–Crippen MR) is 75.1 cm³/mol. The Morgan fingerprint density at radius 2 is 1.95 bits per heavy atom. The smallest absolute Gasteiger partial charge is 0.137 e. The minimum atomic E-state index is -0.475. The van der Waals surface area contributed by atoms with Crippen molar-refractivity contribution < 1.29 is 5.11 Å². The third-order valence-electron chi connectivity index (χ3n) is 3.21. The zero-order valence-electron chi connectivity index (χ0n) is 11.1. The van der Waals surface area contributed by atoms with Gasteiger partial charge < -0.3 is 5.11 Å². The Morgan fingerprint density at radius 1 is 1.26 bits per heavy atom. The van der Waals surface area contributed by atoms with E-state index in [2.05, 4.69) is 10.1 Å². The fourth-order valence-corrected chi connectivity index (χ4v) is 2.19. The van der Waals surface area contributed by atoms with Gasteiger partial charge in [-0.25, -0.2) is 9.67 Å². The van der Waals surface area contributed by atoms with Crippen LogP contribution >= 0.6 is 11.6 Å². The van der Waals surface area contributed by atoms with Crippen molar-refractivity contribution in [2.24, 2.45) is 5.92 Å². The van der Waals surface area contributed by atoms with E-state index in [1.807, 2.05) is 38.1 Å². The van der Waals surface area contributed by atoms with Gasteiger partial charge in [0.25, 0.3) is 0 Å². The predicted octanol–water partition coefficient (Wildman–Crippen LogP) is 2.73. The zero-order chi connectivity index (χ0) is 13.8. The Morgan fingerprint density at radius 3 is 2.47 bits per heavy atom. The van der Waals surface area contributed by atoms with Crippen LogP contribution in [0.2, 0.25) is 5.02 Å². The van der Waals surface area contributed by atoms with Crippen molar-refractivity contribution in [3.63, 3.8) is 0 Å². The van der Waals surface area contributed by atoms with Gasteiger partial charge in [0, 0.05) is 5.02 Å². The molecule has 0 spiro atoms. The molecule has 5 heteroatoms. The number of aliphatic hydroxyl groups excluding tert-OH is 1. The fourth-order valence-electron chi connectivity index (χ4n) is 2.07. The van der Waals surface area contributed by atoms with E-state index in [9.17, 15) is 5.11 Å². The first-order valence-electron chi connectivity index (χ1n) is 6.34. The number of halogens is 1. The molecule has 0 aliphatic rings. The lowest BCUT2D eigenvalue weighted by atomic mass is 9.94. The van der Waals surface area contributed by atoms with Crippen LogP contribution in [0, 0.1) is 5.92 Å². The highest BCUT2D eigenvalue weighted by molar-refractivity contribution is 6.30. The second-order valence-corrected chi connectivity index (χ2v) is 5.44. The van der Waals surface area contributed by atoms with Gasteiger partial charge in [0.2, 0.25) is 0 Å². The van der Waals surface area contributed by atoms with Gasteiger partial charge in [-0.1, -0.05) is 37.6 Å². The summed E-state index contributed by atoms with van der Waals surface area (Å²) in [6, 6.07) is 7.54. The minimum absolute atomic E-state index is 0.122. The molecule has 1 N–H and O–H groups in total. The van der Waals surface area contributed by atoms with Crippen LogP contribution in [0.15, 0.2) is 36.9 Å². The van der Waals surface area contributed by atoms with Crippen LogP contribution < -0.4 is 0 Å². The molecular weight excluding hydrogens is 262 g/mol. The van der Waals surface area contributed by atoms with Gasteiger partial charge in [0.15, 0.2) is 0 Å². The standard InChI is InChI=1S/C14H18ClN3O/c1-10(2)14(19)13(18-9-16-8-17-18)7-11-3-5-12(15)6-4-11/h3-6,8-10,13-14,19H,7H2,1-2H3/t13-,14-/m1/s1. The number of rotatable bonds is 5. The molecule has 2 aromatic rings. The minimum Gasteiger partial charge on any atom is -0.391 e. The maximum atomic E-state index is 10.4. The second-order valence-electron chi connectivity index (χ2n) is 5.01. The summed E-state index contributed by atoms with van der Waals surface area (Å²) in [5, 5.41) is 15.2. The topological polar surface area (TPSA) is 50.9 Å². The van der Waals surface area contributed by atoms with E-state index >= 15 is 0 Å². The van der Waals surface area contributed by atoms with Crippen molar-refractivity contribution in [3.8, 4) is 0 Å². The molecule has 0 aliphatic heterocycles. The van der Waals surface area contributed by atoms with E-state index in [-0.39, 0.29) is 12.0 Å². The van der Waals surface area contributed by atoms with Crippen molar-refractivity contribution in [2.45, 2.75) is 32.4 Å². The molecule has 0 unspecified atom stereocenters. The first-order valence-corrected chi connectivity index (χ1v) is 6.72. The van der Waals surface area contributed by atoms with Gasteiger partial charge >= 0.3 is 0 Å². The van der Waals surface area contributed by atoms with Crippen molar-refractivity contribution in [2.75, 3.05) is 0 Å². The summed E-state index contributed by atoms with van der Waals surface area (Å²) in [5.41, 5.74) is 1.12. The van der Waals surface area contributed by atoms with Crippen LogP contribution in [0.5, 0.6) is 0 Å². The number of aliphatic hydroxyl groups is 1. The lowest BCUT2D eigenvalue weighted by Crippen LogP contribution is -2.30. The van der Waals surface area contributed by atoms with Crippen LogP contribution in [-0.2, 0) is 6.42 Å². The third kappa shape index (κ3) is 3.55. The van der Waals surface area contributed by atoms with Crippen LogP contribution in [0.25, 0.3) is 0 Å². The van der Waals surface area contributed by atoms with E-state index < -0.39 is 6.10 Å². The Kier molecular flexibility index (Phi) is 4.56. The fraction of sp³-hybridized carbons (Fsp3) is 0.429. The SMILES string of the molecule is CC(C)[C@@H](O)[C@@H](Cc1ccc(Cl)cc1)n1cncn1. The summed E-state index contributed by atoms with van der Waals surface area (Å²) in [5.74, 6) is 0.154. The number of aromatic nitrogens is 3. The quantitative estimate of drug-likeness (QED) is 0.916. The van der Waals surface area contributed by atoms with E-state index in [1.54, 1.807) is 11.0 Å². The van der Waals surface area contributed by atoms with Crippen molar-refractivity contribution in [3.05, 3.63) is 47.5 Å². The van der Waals surface area contributed by atoms with Gasteiger partial charge in [-0.3, -0.25) is 0 Å². The highest BCUT2D eigenvalue weighted by Gasteiger charge is 2.24. The molecule has 0 radical (unpaired) electrons. The monoisotopic (exact) mass is 279 g/mol. The average Bonchev–Trinajstić information content (AvgIpc) is 2.91. The molecule has 2 atom stereocenters. The largest absolute Gasteiger partial charge is 0.391 e. The van der Waals surface area contributed by atoms with E-state index in [0.717, 1.165) is 5.56 Å². The van der Waals surface area contributed by atoms with Crippen molar-refractivity contribution in [1.82, 2.24) is 14.8 Å². The summed E-state index contributed by atoms with van der Waals surface area (Å²) in [4.78, 5) is 3.96. The molecule has 1 heterocycles. The normalized spacial score (nSPS) is 14.6. The van der Waals surface area contributed by atoms with Gasteiger partial charge in [-0.05, 0) is 30.0 Å². The van der Waals surface area contributed by atoms with E-state index in [1.165, 1.54) is 6.33 Å². The first-order chi connectivity index (χ1) is 9.08. The molecule has 1 aromatic heterocycles. The highest BCUT2D eigenvalue weighted by atomic mass is 35.5. The highest BCUT2D eigenvalue weighted by Crippen LogP contribution is 2.23. The van der Waals surface area contributed by atoms with Gasteiger partial charge in [0.05, 0.1) is 12.1 Å². The van der Waals surface area contributed by atoms with Crippen LogP contribution in [-0.4, -0.2) is 26.0 Å².